The molecule has 0 bridgehead atoms. The van der Waals surface area contributed by atoms with Crippen molar-refractivity contribution in [3.63, 3.8) is 0 Å². The zero-order valence-electron chi connectivity index (χ0n) is 13.7. The van der Waals surface area contributed by atoms with Gasteiger partial charge in [-0.1, -0.05) is 36.5 Å². The van der Waals surface area contributed by atoms with Crippen molar-refractivity contribution >= 4 is 38.9 Å². The van der Waals surface area contributed by atoms with Crippen molar-refractivity contribution < 1.29 is 17.9 Å². The zero-order valence-corrected chi connectivity index (χ0v) is 16.0. The Kier molecular flexibility index (Phi) is 6.39. The van der Waals surface area contributed by atoms with E-state index in [1.54, 1.807) is 4.90 Å². The highest BCUT2D eigenvalue weighted by Crippen LogP contribution is 2.34. The molecular weight excluding hydrogens is 373 g/mol. The van der Waals surface area contributed by atoms with E-state index in [9.17, 15) is 13.2 Å². The van der Waals surface area contributed by atoms with Gasteiger partial charge < -0.3 is 9.64 Å². The highest BCUT2D eigenvalue weighted by Gasteiger charge is 2.35. The number of methoxy groups -OCH3 is 1. The van der Waals surface area contributed by atoms with Gasteiger partial charge in [0.05, 0.1) is 28.7 Å². The van der Waals surface area contributed by atoms with E-state index >= 15 is 0 Å². The first-order chi connectivity index (χ1) is 11.3. The number of hydrogen-bond donors (Lipinski definition) is 0. The SMILES string of the molecule is CCCCN(C(=O)c1cc(Cl)c(OC)c(Cl)c1)C1CCS(=O)(=O)C1. The minimum atomic E-state index is -3.07. The molecule has 1 aromatic carbocycles. The van der Waals surface area contributed by atoms with Gasteiger partial charge in [-0.05, 0) is 25.0 Å². The number of carbonyl (C=O) groups is 1. The first-order valence-electron chi connectivity index (χ1n) is 7.83. The highest BCUT2D eigenvalue weighted by molar-refractivity contribution is 7.91. The van der Waals surface area contributed by atoms with Gasteiger partial charge in [0.25, 0.3) is 5.91 Å². The smallest absolute Gasteiger partial charge is 0.254 e. The Balaban J connectivity index is 2.31. The van der Waals surface area contributed by atoms with Gasteiger partial charge in [0.1, 0.15) is 0 Å². The van der Waals surface area contributed by atoms with Crippen LogP contribution in [-0.4, -0.2) is 50.4 Å². The molecule has 1 fully saturated rings. The number of amides is 1. The third kappa shape index (κ3) is 4.35. The normalized spacial score (nSPS) is 19.2. The molecule has 24 heavy (non-hydrogen) atoms. The standard InChI is InChI=1S/C16H21Cl2NO4S/c1-3-4-6-19(12-5-7-24(21,22)10-12)16(20)11-8-13(17)15(23-2)14(18)9-11/h8-9,12H,3-7,10H2,1-2H3. The second kappa shape index (κ2) is 7.93. The first-order valence-corrected chi connectivity index (χ1v) is 10.4. The molecule has 0 N–H and O–H groups in total. The number of carbonyl (C=O) groups excluding carboxylic acids is 1. The molecule has 1 atom stereocenters. The number of hydrogen-bond acceptors (Lipinski definition) is 4. The number of unbranched alkanes of at least 4 members (excludes halogenated alkanes) is 1. The van der Waals surface area contributed by atoms with Gasteiger partial charge in [-0.3, -0.25) is 4.79 Å². The lowest BCUT2D eigenvalue weighted by molar-refractivity contribution is 0.0694. The van der Waals surface area contributed by atoms with Crippen LogP contribution in [0.3, 0.4) is 0 Å². The number of sulfone groups is 1. The average molecular weight is 394 g/mol. The Morgan fingerprint density at radius 1 is 1.33 bits per heavy atom. The van der Waals surface area contributed by atoms with E-state index in [2.05, 4.69) is 0 Å². The molecule has 1 aromatic rings. The Labute approximate surface area is 152 Å². The quantitative estimate of drug-likeness (QED) is 0.742. The third-order valence-electron chi connectivity index (χ3n) is 4.11. The maximum Gasteiger partial charge on any atom is 0.254 e. The Morgan fingerprint density at radius 2 is 1.96 bits per heavy atom. The van der Waals surface area contributed by atoms with Crippen molar-refractivity contribution in [1.82, 2.24) is 4.90 Å². The van der Waals surface area contributed by atoms with E-state index in [-0.39, 0.29) is 33.5 Å². The van der Waals surface area contributed by atoms with Crippen molar-refractivity contribution in [3.8, 4) is 5.75 Å². The number of rotatable bonds is 6. The summed E-state index contributed by atoms with van der Waals surface area (Å²) in [7, 11) is -1.62. The molecule has 0 spiro atoms. The van der Waals surface area contributed by atoms with Crippen molar-refractivity contribution in [2.75, 3.05) is 25.2 Å². The molecule has 1 heterocycles. The predicted octanol–water partition coefficient (Wildman–Crippen LogP) is 3.43. The minimum absolute atomic E-state index is 0.0140. The van der Waals surface area contributed by atoms with E-state index in [0.717, 1.165) is 12.8 Å². The summed E-state index contributed by atoms with van der Waals surface area (Å²) in [6.07, 6.45) is 2.18. The number of benzene rings is 1. The van der Waals surface area contributed by atoms with Crippen LogP contribution in [0.4, 0.5) is 0 Å². The maximum atomic E-state index is 12.9. The minimum Gasteiger partial charge on any atom is -0.494 e. The number of halogens is 2. The largest absolute Gasteiger partial charge is 0.494 e. The number of ether oxygens (including phenoxy) is 1. The van der Waals surface area contributed by atoms with E-state index in [1.165, 1.54) is 19.2 Å². The summed E-state index contributed by atoms with van der Waals surface area (Å²) in [5.74, 6) is 0.202. The summed E-state index contributed by atoms with van der Waals surface area (Å²) in [6.45, 7) is 2.53. The van der Waals surface area contributed by atoms with Crippen LogP contribution in [0.1, 0.15) is 36.5 Å². The van der Waals surface area contributed by atoms with Gasteiger partial charge in [-0.15, -0.1) is 0 Å². The van der Waals surface area contributed by atoms with E-state index < -0.39 is 9.84 Å². The fourth-order valence-corrected chi connectivity index (χ4v) is 5.22. The lowest BCUT2D eigenvalue weighted by atomic mass is 10.1. The predicted molar refractivity (Wildman–Crippen MR) is 96.0 cm³/mol. The van der Waals surface area contributed by atoms with E-state index in [4.69, 9.17) is 27.9 Å². The molecule has 5 nitrogen and oxygen atoms in total. The second-order valence-electron chi connectivity index (χ2n) is 5.88. The molecule has 2 rings (SSSR count). The molecule has 0 aliphatic carbocycles. The van der Waals surface area contributed by atoms with Crippen LogP contribution in [0, 0.1) is 0 Å². The highest BCUT2D eigenvalue weighted by atomic mass is 35.5. The van der Waals surface area contributed by atoms with Crippen molar-refractivity contribution in [2.24, 2.45) is 0 Å². The monoisotopic (exact) mass is 393 g/mol. The topological polar surface area (TPSA) is 63.7 Å². The third-order valence-corrected chi connectivity index (χ3v) is 6.42. The Morgan fingerprint density at radius 3 is 2.42 bits per heavy atom. The van der Waals surface area contributed by atoms with Crippen molar-refractivity contribution in [3.05, 3.63) is 27.7 Å². The van der Waals surface area contributed by atoms with Gasteiger partial charge in [-0.25, -0.2) is 8.42 Å². The summed E-state index contributed by atoms with van der Waals surface area (Å²) in [5.41, 5.74) is 0.339. The summed E-state index contributed by atoms with van der Waals surface area (Å²) in [5, 5.41) is 0.505. The van der Waals surface area contributed by atoms with Crippen LogP contribution in [0.25, 0.3) is 0 Å². The van der Waals surface area contributed by atoms with Crippen LogP contribution < -0.4 is 4.74 Å². The van der Waals surface area contributed by atoms with Gasteiger partial charge in [0, 0.05) is 18.2 Å². The summed E-state index contributed by atoms with van der Waals surface area (Å²) < 4.78 is 28.6. The van der Waals surface area contributed by atoms with E-state index in [0.29, 0.717) is 24.3 Å². The van der Waals surface area contributed by atoms with Gasteiger partial charge >= 0.3 is 0 Å². The molecular formula is C16H21Cl2NO4S. The van der Waals surface area contributed by atoms with Crippen LogP contribution in [0.2, 0.25) is 10.0 Å². The Bertz CT molecular complexity index is 698. The van der Waals surface area contributed by atoms with Gasteiger partial charge in [0.15, 0.2) is 15.6 Å². The lowest BCUT2D eigenvalue weighted by Gasteiger charge is -2.28. The molecule has 134 valence electrons. The van der Waals surface area contributed by atoms with Gasteiger partial charge in [0.2, 0.25) is 0 Å². The zero-order chi connectivity index (χ0) is 17.9. The lowest BCUT2D eigenvalue weighted by Crippen LogP contribution is -2.41. The summed E-state index contributed by atoms with van der Waals surface area (Å²) in [6, 6.07) is 2.72. The molecule has 1 saturated heterocycles. The van der Waals surface area contributed by atoms with Crippen LogP contribution >= 0.6 is 23.2 Å². The van der Waals surface area contributed by atoms with E-state index in [1.807, 2.05) is 6.92 Å². The average Bonchev–Trinajstić information content (AvgIpc) is 2.87. The van der Waals surface area contributed by atoms with Crippen LogP contribution in [0.15, 0.2) is 12.1 Å². The summed E-state index contributed by atoms with van der Waals surface area (Å²) in [4.78, 5) is 14.6. The second-order valence-corrected chi connectivity index (χ2v) is 8.93. The van der Waals surface area contributed by atoms with Crippen molar-refractivity contribution in [1.29, 1.82) is 0 Å². The molecule has 1 aliphatic heterocycles. The first kappa shape index (κ1) is 19.3. The number of nitrogens with zero attached hydrogens (tertiary/aromatic N) is 1. The molecule has 8 heteroatoms. The Hall–Kier alpha value is -0.980. The van der Waals surface area contributed by atoms with Gasteiger partial charge in [-0.2, -0.15) is 0 Å². The molecule has 0 radical (unpaired) electrons. The molecule has 1 amide bonds. The fraction of sp³-hybridized carbons (Fsp3) is 0.562. The fourth-order valence-electron chi connectivity index (χ4n) is 2.84. The maximum absolute atomic E-state index is 12.9. The van der Waals surface area contributed by atoms with Crippen LogP contribution in [-0.2, 0) is 9.84 Å². The molecule has 0 aromatic heterocycles. The van der Waals surface area contributed by atoms with Crippen LogP contribution in [0.5, 0.6) is 5.75 Å². The molecule has 1 aliphatic rings. The van der Waals surface area contributed by atoms with Crippen molar-refractivity contribution in [2.45, 2.75) is 32.2 Å². The molecule has 1 unspecified atom stereocenters. The summed E-state index contributed by atoms with van der Waals surface area (Å²) >= 11 is 12.2. The molecule has 0 saturated carbocycles.